The molecule has 4 rings (SSSR count). The zero-order valence-electron chi connectivity index (χ0n) is 19.3. The standard InChI is InChI=1S/C26H23N3O5S/c1-16-24(26(31)27-19-10-14-21(15-11-19)35(32,33)29-17(2)30)22-6-4-5-7-23(22)28-25(16)18-8-12-20(34-3)13-9-18/h4-15H,1-3H3,(H,27,31)(H,29,30). The number of para-hydroxylation sites is 1. The smallest absolute Gasteiger partial charge is 0.264 e. The predicted octanol–water partition coefficient (Wildman–Crippen LogP) is 4.30. The maximum atomic E-state index is 13.4. The third-order valence-corrected chi connectivity index (χ3v) is 6.88. The van der Waals surface area contributed by atoms with Gasteiger partial charge in [0.15, 0.2) is 0 Å². The van der Waals surface area contributed by atoms with Crippen molar-refractivity contribution in [2.24, 2.45) is 0 Å². The van der Waals surface area contributed by atoms with Crippen molar-refractivity contribution in [3.63, 3.8) is 0 Å². The van der Waals surface area contributed by atoms with Crippen LogP contribution in [0.25, 0.3) is 22.2 Å². The Bertz CT molecular complexity index is 1530. The summed E-state index contributed by atoms with van der Waals surface area (Å²) in [5.41, 5.74) is 3.77. The Kier molecular flexibility index (Phi) is 6.52. The van der Waals surface area contributed by atoms with E-state index in [1.807, 2.05) is 60.2 Å². The van der Waals surface area contributed by atoms with Crippen LogP contribution in [0.3, 0.4) is 0 Å². The van der Waals surface area contributed by atoms with Gasteiger partial charge >= 0.3 is 0 Å². The van der Waals surface area contributed by atoms with Gasteiger partial charge in [-0.25, -0.2) is 18.1 Å². The molecule has 0 aliphatic carbocycles. The quantitative estimate of drug-likeness (QED) is 0.417. The van der Waals surface area contributed by atoms with E-state index in [2.05, 4.69) is 5.32 Å². The maximum Gasteiger partial charge on any atom is 0.264 e. The molecule has 2 N–H and O–H groups in total. The number of hydrogen-bond acceptors (Lipinski definition) is 6. The summed E-state index contributed by atoms with van der Waals surface area (Å²) in [6.07, 6.45) is 0. The summed E-state index contributed by atoms with van der Waals surface area (Å²) >= 11 is 0. The molecule has 0 saturated heterocycles. The largest absolute Gasteiger partial charge is 0.497 e. The number of carbonyl (C=O) groups is 2. The number of carbonyl (C=O) groups excluding carboxylic acids is 2. The molecule has 0 atom stereocenters. The number of aromatic nitrogens is 1. The van der Waals surface area contributed by atoms with Crippen LogP contribution in [0.4, 0.5) is 5.69 Å². The molecule has 3 aromatic carbocycles. The number of ether oxygens (including phenoxy) is 1. The van der Waals surface area contributed by atoms with Crippen molar-refractivity contribution < 1.29 is 22.7 Å². The topological polar surface area (TPSA) is 114 Å². The molecule has 0 unspecified atom stereocenters. The van der Waals surface area contributed by atoms with Gasteiger partial charge in [0, 0.05) is 23.6 Å². The van der Waals surface area contributed by atoms with Crippen LogP contribution in [0.1, 0.15) is 22.8 Å². The molecule has 35 heavy (non-hydrogen) atoms. The first-order valence-electron chi connectivity index (χ1n) is 10.7. The number of benzene rings is 3. The molecule has 9 heteroatoms. The molecule has 0 radical (unpaired) electrons. The van der Waals surface area contributed by atoms with Crippen LogP contribution in [0.15, 0.2) is 77.7 Å². The number of amides is 2. The monoisotopic (exact) mass is 489 g/mol. The molecule has 8 nitrogen and oxygen atoms in total. The van der Waals surface area contributed by atoms with Crippen LogP contribution in [-0.4, -0.2) is 32.3 Å². The summed E-state index contributed by atoms with van der Waals surface area (Å²) in [4.78, 5) is 29.3. The summed E-state index contributed by atoms with van der Waals surface area (Å²) in [6.45, 7) is 2.96. The molecule has 0 bridgehead atoms. The van der Waals surface area contributed by atoms with Gasteiger partial charge in [0.25, 0.3) is 15.9 Å². The van der Waals surface area contributed by atoms with Crippen molar-refractivity contribution in [3.8, 4) is 17.0 Å². The Morgan fingerprint density at radius 1 is 0.914 bits per heavy atom. The van der Waals surface area contributed by atoms with E-state index < -0.39 is 15.9 Å². The minimum Gasteiger partial charge on any atom is -0.497 e. The Morgan fingerprint density at radius 2 is 1.57 bits per heavy atom. The van der Waals surface area contributed by atoms with Crippen molar-refractivity contribution >= 4 is 38.4 Å². The Balaban J connectivity index is 1.71. The number of fused-ring (bicyclic) bond motifs is 1. The molecule has 1 aromatic heterocycles. The number of anilines is 1. The average Bonchev–Trinajstić information content (AvgIpc) is 2.83. The van der Waals surface area contributed by atoms with E-state index in [4.69, 9.17) is 9.72 Å². The lowest BCUT2D eigenvalue weighted by Crippen LogP contribution is -2.28. The van der Waals surface area contributed by atoms with Crippen LogP contribution in [0.5, 0.6) is 5.75 Å². The molecule has 0 spiro atoms. The number of pyridine rings is 1. The highest BCUT2D eigenvalue weighted by Crippen LogP contribution is 2.31. The fourth-order valence-electron chi connectivity index (χ4n) is 3.79. The number of nitrogens with one attached hydrogen (secondary N) is 2. The molecule has 178 valence electrons. The summed E-state index contributed by atoms with van der Waals surface area (Å²) in [5, 5.41) is 3.54. The van der Waals surface area contributed by atoms with E-state index in [0.717, 1.165) is 12.5 Å². The van der Waals surface area contributed by atoms with Crippen molar-refractivity contribution in [1.29, 1.82) is 0 Å². The molecule has 0 fully saturated rings. The van der Waals surface area contributed by atoms with Crippen LogP contribution in [0, 0.1) is 6.92 Å². The van der Waals surface area contributed by atoms with E-state index in [1.54, 1.807) is 7.11 Å². The van der Waals surface area contributed by atoms with Gasteiger partial charge in [0.2, 0.25) is 5.91 Å². The summed E-state index contributed by atoms with van der Waals surface area (Å²) in [5.74, 6) is -0.322. The van der Waals surface area contributed by atoms with Crippen LogP contribution < -0.4 is 14.8 Å². The molecule has 1 heterocycles. The van der Waals surface area contributed by atoms with Crippen LogP contribution in [0.2, 0.25) is 0 Å². The third kappa shape index (κ3) is 4.99. The first kappa shape index (κ1) is 23.9. The lowest BCUT2D eigenvalue weighted by Gasteiger charge is -2.15. The lowest BCUT2D eigenvalue weighted by molar-refractivity contribution is -0.117. The zero-order chi connectivity index (χ0) is 25.2. The summed E-state index contributed by atoms with van der Waals surface area (Å²) < 4.78 is 31.5. The van der Waals surface area contributed by atoms with Crippen molar-refractivity contribution in [2.45, 2.75) is 18.7 Å². The first-order valence-corrected chi connectivity index (χ1v) is 12.2. The number of hydrogen-bond donors (Lipinski definition) is 2. The van der Waals surface area contributed by atoms with Gasteiger partial charge in [-0.05, 0) is 67.1 Å². The van der Waals surface area contributed by atoms with Gasteiger partial charge in [-0.3, -0.25) is 9.59 Å². The van der Waals surface area contributed by atoms with Crippen molar-refractivity contribution in [2.75, 3.05) is 12.4 Å². The van der Waals surface area contributed by atoms with Gasteiger partial charge < -0.3 is 10.1 Å². The van der Waals surface area contributed by atoms with E-state index in [-0.39, 0.29) is 10.8 Å². The highest BCUT2D eigenvalue weighted by molar-refractivity contribution is 7.90. The summed E-state index contributed by atoms with van der Waals surface area (Å²) in [7, 11) is -2.37. The van der Waals surface area contributed by atoms with E-state index in [0.29, 0.717) is 39.2 Å². The number of rotatable bonds is 6. The minimum atomic E-state index is -3.96. The molecule has 4 aromatic rings. The number of methoxy groups -OCH3 is 1. The molecule has 0 aliphatic rings. The van der Waals surface area contributed by atoms with E-state index in [1.165, 1.54) is 24.3 Å². The van der Waals surface area contributed by atoms with Crippen molar-refractivity contribution in [1.82, 2.24) is 9.71 Å². The highest BCUT2D eigenvalue weighted by atomic mass is 32.2. The first-order chi connectivity index (χ1) is 16.7. The molecule has 0 aliphatic heterocycles. The Hall–Kier alpha value is -4.24. The number of nitrogens with zero attached hydrogens (tertiary/aromatic N) is 1. The Labute approximate surface area is 203 Å². The molecular weight excluding hydrogens is 466 g/mol. The fourth-order valence-corrected chi connectivity index (χ4v) is 4.78. The highest BCUT2D eigenvalue weighted by Gasteiger charge is 2.20. The molecule has 2 amide bonds. The zero-order valence-corrected chi connectivity index (χ0v) is 20.1. The third-order valence-electron chi connectivity index (χ3n) is 5.43. The maximum absolute atomic E-state index is 13.4. The second-order valence-corrected chi connectivity index (χ2v) is 9.53. The molecular formula is C26H23N3O5S. The van der Waals surface area contributed by atoms with Gasteiger partial charge in [-0.1, -0.05) is 18.2 Å². The van der Waals surface area contributed by atoms with Gasteiger partial charge in [-0.2, -0.15) is 0 Å². The normalized spacial score (nSPS) is 11.2. The minimum absolute atomic E-state index is 0.0852. The van der Waals surface area contributed by atoms with Gasteiger partial charge in [0.05, 0.1) is 28.8 Å². The number of sulfonamides is 1. The van der Waals surface area contributed by atoms with Gasteiger partial charge in [-0.15, -0.1) is 0 Å². The fraction of sp³-hybridized carbons (Fsp3) is 0.115. The van der Waals surface area contributed by atoms with Crippen molar-refractivity contribution in [3.05, 3.63) is 83.9 Å². The SMILES string of the molecule is COc1ccc(-c2nc3ccccc3c(C(=O)Nc3ccc(S(=O)(=O)NC(C)=O)cc3)c2C)cc1. The van der Waals surface area contributed by atoms with E-state index in [9.17, 15) is 18.0 Å². The molecule has 0 saturated carbocycles. The Morgan fingerprint density at radius 3 is 2.20 bits per heavy atom. The lowest BCUT2D eigenvalue weighted by atomic mass is 9.97. The average molecular weight is 490 g/mol. The van der Waals surface area contributed by atoms with Crippen LogP contribution in [-0.2, 0) is 14.8 Å². The summed E-state index contributed by atoms with van der Waals surface area (Å²) in [6, 6.07) is 20.4. The second-order valence-electron chi connectivity index (χ2n) is 7.85. The second kappa shape index (κ2) is 9.55. The van der Waals surface area contributed by atoms with Gasteiger partial charge in [0.1, 0.15) is 5.75 Å². The van der Waals surface area contributed by atoms with E-state index >= 15 is 0 Å². The van der Waals surface area contributed by atoms with Crippen LogP contribution >= 0.6 is 0 Å². The predicted molar refractivity (Wildman–Crippen MR) is 134 cm³/mol.